The van der Waals surface area contributed by atoms with E-state index in [0.717, 1.165) is 18.5 Å². The lowest BCUT2D eigenvalue weighted by Gasteiger charge is -2.14. The predicted octanol–water partition coefficient (Wildman–Crippen LogP) is 7.13. The minimum absolute atomic E-state index is 0.0547. The zero-order valence-electron chi connectivity index (χ0n) is 28.6. The average molecular weight is 636 g/mol. The van der Waals surface area contributed by atoms with E-state index in [1.807, 2.05) is 37.3 Å². The van der Waals surface area contributed by atoms with Crippen LogP contribution < -0.4 is 5.32 Å². The summed E-state index contributed by atoms with van der Waals surface area (Å²) in [7, 11) is 0. The average Bonchev–Trinajstić information content (AvgIpc) is 3.10. The molecule has 2 unspecified atom stereocenters. The van der Waals surface area contributed by atoms with E-state index < -0.39 is 5.97 Å². The van der Waals surface area contributed by atoms with E-state index in [4.69, 9.17) is 11.2 Å². The second kappa shape index (κ2) is 32.5. The Morgan fingerprint density at radius 3 is 1.73 bits per heavy atom. The summed E-state index contributed by atoms with van der Waals surface area (Å²) in [5.41, 5.74) is 0.924. The summed E-state index contributed by atoms with van der Waals surface area (Å²) >= 11 is 0. The van der Waals surface area contributed by atoms with Crippen LogP contribution in [0.5, 0.6) is 0 Å². The second-order valence-corrected chi connectivity index (χ2v) is 10.3. The Balaban J connectivity index is 0.00000110. The van der Waals surface area contributed by atoms with Gasteiger partial charge in [-0.3, -0.25) is 4.79 Å². The predicted molar refractivity (Wildman–Crippen MR) is 199 cm³/mol. The number of carbonyl (C=O) groups is 2. The largest absolute Gasteiger partial charge is 0.458 e. The van der Waals surface area contributed by atoms with Gasteiger partial charge in [-0.1, -0.05) is 108 Å². The fourth-order valence-corrected chi connectivity index (χ4v) is 3.60. The number of esters is 1. The number of ether oxygens (including phenoxy) is 1. The minimum Gasteiger partial charge on any atom is -0.458 e. The number of terminal acetylenes is 1. The summed E-state index contributed by atoms with van der Waals surface area (Å²) in [6.07, 6.45) is 22.3. The highest BCUT2D eigenvalue weighted by molar-refractivity contribution is 5.87. The van der Waals surface area contributed by atoms with Gasteiger partial charge in [-0.05, 0) is 121 Å². The summed E-state index contributed by atoms with van der Waals surface area (Å²) in [6, 6.07) is 9.50. The highest BCUT2D eigenvalue weighted by Crippen LogP contribution is 2.10. The first-order valence-corrected chi connectivity index (χ1v) is 16.2. The summed E-state index contributed by atoms with van der Waals surface area (Å²) in [6.45, 7) is 10.1. The van der Waals surface area contributed by atoms with Crippen molar-refractivity contribution in [3.63, 3.8) is 0 Å². The molecular formula is C44H45NO3. The molecule has 244 valence electrons. The number of carbonyl (C=O) groups excluding carboxylic acids is 2. The Labute approximate surface area is 290 Å². The first-order valence-electron chi connectivity index (χ1n) is 16.2. The van der Waals surface area contributed by atoms with Crippen molar-refractivity contribution < 1.29 is 14.3 Å². The molecule has 0 saturated heterocycles. The molecule has 1 N–H and O–H groups in total. The lowest BCUT2D eigenvalue weighted by atomic mass is 10.1. The van der Waals surface area contributed by atoms with E-state index in [0.29, 0.717) is 0 Å². The van der Waals surface area contributed by atoms with Crippen molar-refractivity contribution in [2.45, 2.75) is 91.1 Å². The van der Waals surface area contributed by atoms with Gasteiger partial charge >= 0.3 is 5.97 Å². The smallest absolute Gasteiger partial charge is 0.331 e. The Morgan fingerprint density at radius 1 is 0.750 bits per heavy atom. The van der Waals surface area contributed by atoms with Crippen LogP contribution in [0.25, 0.3) is 6.08 Å². The van der Waals surface area contributed by atoms with Crippen LogP contribution in [0.3, 0.4) is 0 Å². The maximum Gasteiger partial charge on any atom is 0.331 e. The van der Waals surface area contributed by atoms with Gasteiger partial charge in [-0.25, -0.2) is 4.79 Å². The SMILES string of the molecule is C#CC#CC#CC#CC#CC#CC#CC#CC(C)C(C)OC(=O)/C=C\c1ccccc1.C=CC(=O)NCCCCCCCCCCCC. The molecule has 1 aromatic rings. The standard InChI is InChI=1S/C29H16O2.C15H29NO/c1-4-5-6-7-8-9-10-11-12-13-14-15-16-18-21-26(2)27(3)31-29(30)25-24-28-22-19-17-20-23-28;1-3-5-6-7-8-9-10-11-12-13-14-16-15(17)4-2/h1,17,19-20,22-27H,2-3H3;4H,2-3,5-14H2,1H3,(H,16,17)/b25-24-;. The van der Waals surface area contributed by atoms with Crippen molar-refractivity contribution in [3.8, 4) is 95.2 Å². The number of rotatable bonds is 16. The van der Waals surface area contributed by atoms with Crippen molar-refractivity contribution >= 4 is 18.0 Å². The van der Waals surface area contributed by atoms with E-state index in [9.17, 15) is 9.59 Å². The van der Waals surface area contributed by atoms with E-state index in [-0.39, 0.29) is 17.9 Å². The zero-order chi connectivity index (χ0) is 35.3. The molecule has 4 nitrogen and oxygen atoms in total. The van der Waals surface area contributed by atoms with Gasteiger partial charge in [0, 0.05) is 12.6 Å². The highest BCUT2D eigenvalue weighted by atomic mass is 16.5. The first kappa shape index (κ1) is 42.1. The molecule has 0 aliphatic rings. The van der Waals surface area contributed by atoms with Crippen molar-refractivity contribution in [1.29, 1.82) is 0 Å². The third kappa shape index (κ3) is 28.9. The van der Waals surface area contributed by atoms with Crippen molar-refractivity contribution in [1.82, 2.24) is 5.32 Å². The van der Waals surface area contributed by atoms with E-state index >= 15 is 0 Å². The molecule has 4 heteroatoms. The molecule has 48 heavy (non-hydrogen) atoms. The van der Waals surface area contributed by atoms with Crippen LogP contribution in [0.1, 0.15) is 90.5 Å². The molecule has 0 bridgehead atoms. The molecule has 0 spiro atoms. The van der Waals surface area contributed by atoms with E-state index in [1.165, 1.54) is 69.9 Å². The molecule has 0 aliphatic carbocycles. The summed E-state index contributed by atoms with van der Waals surface area (Å²) < 4.78 is 5.34. The van der Waals surface area contributed by atoms with Gasteiger partial charge in [-0.2, -0.15) is 0 Å². The molecule has 0 fully saturated rings. The molecule has 0 heterocycles. The quantitative estimate of drug-likeness (QED) is 0.0910. The maximum atomic E-state index is 11.9. The number of benzene rings is 1. The fourth-order valence-electron chi connectivity index (χ4n) is 3.60. The van der Waals surface area contributed by atoms with Gasteiger partial charge in [0.15, 0.2) is 0 Å². The van der Waals surface area contributed by atoms with Crippen molar-refractivity contribution in [3.05, 3.63) is 54.6 Å². The molecule has 0 aromatic heterocycles. The van der Waals surface area contributed by atoms with Crippen LogP contribution in [0, 0.1) is 101 Å². The Morgan fingerprint density at radius 2 is 1.23 bits per heavy atom. The van der Waals surface area contributed by atoms with Gasteiger partial charge < -0.3 is 10.1 Å². The number of nitrogens with one attached hydrogen (secondary N) is 1. The molecule has 0 radical (unpaired) electrons. The first-order chi connectivity index (χ1) is 23.4. The number of amides is 1. The lowest BCUT2D eigenvalue weighted by Crippen LogP contribution is -2.21. The maximum absolute atomic E-state index is 11.9. The van der Waals surface area contributed by atoms with E-state index in [2.05, 4.69) is 108 Å². The second-order valence-electron chi connectivity index (χ2n) is 10.3. The monoisotopic (exact) mass is 635 g/mol. The molecule has 1 rings (SSSR count). The molecule has 0 saturated carbocycles. The molecule has 2 atom stereocenters. The Bertz CT molecular complexity index is 1640. The normalized spacial score (nSPS) is 9.71. The van der Waals surface area contributed by atoms with Crippen LogP contribution in [0.2, 0.25) is 0 Å². The lowest BCUT2D eigenvalue weighted by molar-refractivity contribution is -0.143. The highest BCUT2D eigenvalue weighted by Gasteiger charge is 2.13. The Kier molecular flexibility index (Phi) is 28.5. The van der Waals surface area contributed by atoms with Crippen LogP contribution in [0.15, 0.2) is 49.1 Å². The molecule has 0 aliphatic heterocycles. The van der Waals surface area contributed by atoms with Crippen molar-refractivity contribution in [2.24, 2.45) is 5.92 Å². The van der Waals surface area contributed by atoms with Gasteiger partial charge in [0.25, 0.3) is 0 Å². The summed E-state index contributed by atoms with van der Waals surface area (Å²) in [4.78, 5) is 22.7. The van der Waals surface area contributed by atoms with Gasteiger partial charge in [0.05, 0.1) is 5.92 Å². The fraction of sp³-hybridized carbons (Fsp3) is 0.364. The summed E-state index contributed by atoms with van der Waals surface area (Å²) in [5, 5.41) is 2.80. The summed E-state index contributed by atoms with van der Waals surface area (Å²) in [5.74, 6) is 37.0. The number of hydrogen-bond acceptors (Lipinski definition) is 3. The third-order valence-corrected chi connectivity index (χ3v) is 6.35. The van der Waals surface area contributed by atoms with Gasteiger partial charge in [-0.15, -0.1) is 6.42 Å². The van der Waals surface area contributed by atoms with Crippen LogP contribution in [0.4, 0.5) is 0 Å². The van der Waals surface area contributed by atoms with Crippen LogP contribution in [-0.4, -0.2) is 24.5 Å². The Hall–Kier alpha value is -5.88. The molecule has 1 amide bonds. The van der Waals surface area contributed by atoms with Crippen molar-refractivity contribution in [2.75, 3.05) is 6.54 Å². The zero-order valence-corrected chi connectivity index (χ0v) is 28.6. The van der Waals surface area contributed by atoms with Crippen LogP contribution in [-0.2, 0) is 14.3 Å². The third-order valence-electron chi connectivity index (χ3n) is 6.35. The van der Waals surface area contributed by atoms with Gasteiger partial charge in [0.2, 0.25) is 5.91 Å². The molecule has 1 aromatic carbocycles. The topological polar surface area (TPSA) is 55.4 Å². The minimum atomic E-state index is -0.421. The van der Waals surface area contributed by atoms with E-state index in [1.54, 1.807) is 13.0 Å². The molecular weight excluding hydrogens is 590 g/mol. The number of unbranched alkanes of at least 4 members (excludes halogenated alkanes) is 9. The van der Waals surface area contributed by atoms with Gasteiger partial charge in [0.1, 0.15) is 6.10 Å². The number of hydrogen-bond donors (Lipinski definition) is 1. The van der Waals surface area contributed by atoms with Crippen LogP contribution >= 0.6 is 0 Å².